The van der Waals surface area contributed by atoms with Crippen molar-refractivity contribution < 1.29 is 0 Å². The van der Waals surface area contributed by atoms with Gasteiger partial charge in [-0.3, -0.25) is 0 Å². The molecule has 2 heterocycles. The van der Waals surface area contributed by atoms with E-state index in [4.69, 9.17) is 0 Å². The predicted octanol–water partition coefficient (Wildman–Crippen LogP) is 0.0468. The SMILES string of the molecule is Cn1cnnc1CNC1CCCNCC1. The maximum Gasteiger partial charge on any atom is 0.146 e. The van der Waals surface area contributed by atoms with Gasteiger partial charge >= 0.3 is 0 Å². The summed E-state index contributed by atoms with van der Waals surface area (Å²) in [5.74, 6) is 1.01. The molecule has 1 aliphatic heterocycles. The van der Waals surface area contributed by atoms with Gasteiger partial charge in [-0.15, -0.1) is 10.2 Å². The van der Waals surface area contributed by atoms with Gasteiger partial charge in [-0.05, 0) is 32.4 Å². The molecule has 1 saturated heterocycles. The van der Waals surface area contributed by atoms with E-state index in [-0.39, 0.29) is 0 Å². The van der Waals surface area contributed by atoms with E-state index < -0.39 is 0 Å². The summed E-state index contributed by atoms with van der Waals surface area (Å²) >= 11 is 0. The molecule has 0 aromatic carbocycles. The zero-order valence-electron chi connectivity index (χ0n) is 9.24. The first-order chi connectivity index (χ1) is 7.36. The van der Waals surface area contributed by atoms with E-state index in [0.717, 1.165) is 25.5 Å². The molecule has 0 bridgehead atoms. The zero-order chi connectivity index (χ0) is 10.5. The largest absolute Gasteiger partial charge is 0.320 e. The van der Waals surface area contributed by atoms with Gasteiger partial charge in [-0.25, -0.2) is 0 Å². The van der Waals surface area contributed by atoms with E-state index in [1.165, 1.54) is 19.3 Å². The van der Waals surface area contributed by atoms with Gasteiger partial charge in [0.2, 0.25) is 0 Å². The number of hydrogen-bond donors (Lipinski definition) is 2. The van der Waals surface area contributed by atoms with Crippen LogP contribution in [0.2, 0.25) is 0 Å². The van der Waals surface area contributed by atoms with Gasteiger partial charge in [0.1, 0.15) is 12.2 Å². The van der Waals surface area contributed by atoms with Crippen molar-refractivity contribution in [1.29, 1.82) is 0 Å². The van der Waals surface area contributed by atoms with Crippen molar-refractivity contribution in [1.82, 2.24) is 25.4 Å². The van der Waals surface area contributed by atoms with Gasteiger partial charge in [0, 0.05) is 13.1 Å². The van der Waals surface area contributed by atoms with Crippen molar-refractivity contribution in [2.75, 3.05) is 13.1 Å². The summed E-state index contributed by atoms with van der Waals surface area (Å²) in [5.41, 5.74) is 0. The molecular weight excluding hydrogens is 190 g/mol. The van der Waals surface area contributed by atoms with Crippen LogP contribution in [0.5, 0.6) is 0 Å². The third-order valence-corrected chi connectivity index (χ3v) is 2.93. The average molecular weight is 209 g/mol. The van der Waals surface area contributed by atoms with Crippen LogP contribution in [0.3, 0.4) is 0 Å². The molecule has 84 valence electrons. The van der Waals surface area contributed by atoms with E-state index in [1.807, 2.05) is 11.6 Å². The van der Waals surface area contributed by atoms with Crippen molar-refractivity contribution in [2.24, 2.45) is 7.05 Å². The maximum atomic E-state index is 4.06. The third kappa shape index (κ3) is 3.00. The van der Waals surface area contributed by atoms with Crippen LogP contribution >= 0.6 is 0 Å². The highest BCUT2D eigenvalue weighted by atomic mass is 15.3. The average Bonchev–Trinajstić information content (AvgIpc) is 2.53. The van der Waals surface area contributed by atoms with Crippen LogP contribution in [0.25, 0.3) is 0 Å². The van der Waals surface area contributed by atoms with Crippen molar-refractivity contribution in [3.63, 3.8) is 0 Å². The van der Waals surface area contributed by atoms with Gasteiger partial charge in [0.05, 0.1) is 6.54 Å². The zero-order valence-corrected chi connectivity index (χ0v) is 9.24. The number of nitrogens with one attached hydrogen (secondary N) is 2. The highest BCUT2D eigenvalue weighted by molar-refractivity contribution is 4.85. The van der Waals surface area contributed by atoms with Crippen molar-refractivity contribution in [3.05, 3.63) is 12.2 Å². The molecule has 0 amide bonds. The Morgan fingerprint density at radius 1 is 1.53 bits per heavy atom. The normalized spacial score (nSPS) is 22.6. The van der Waals surface area contributed by atoms with Crippen LogP contribution in [0.4, 0.5) is 0 Å². The highest BCUT2D eigenvalue weighted by Gasteiger charge is 2.11. The van der Waals surface area contributed by atoms with Gasteiger partial charge in [-0.1, -0.05) is 0 Å². The van der Waals surface area contributed by atoms with Crippen molar-refractivity contribution in [2.45, 2.75) is 31.8 Å². The molecule has 5 heteroatoms. The quantitative estimate of drug-likeness (QED) is 0.738. The molecular formula is C10H19N5. The second kappa shape index (κ2) is 5.23. The molecule has 2 rings (SSSR count). The standard InChI is InChI=1S/C10H19N5/c1-15-8-13-14-10(15)7-12-9-3-2-5-11-6-4-9/h8-9,11-12H,2-7H2,1H3. The van der Waals surface area contributed by atoms with Crippen molar-refractivity contribution >= 4 is 0 Å². The third-order valence-electron chi connectivity index (χ3n) is 2.93. The van der Waals surface area contributed by atoms with Crippen LogP contribution in [0, 0.1) is 0 Å². The fraction of sp³-hybridized carbons (Fsp3) is 0.800. The van der Waals surface area contributed by atoms with Crippen molar-refractivity contribution in [3.8, 4) is 0 Å². The molecule has 1 aromatic rings. The molecule has 1 aliphatic rings. The first-order valence-electron chi connectivity index (χ1n) is 5.63. The molecule has 2 N–H and O–H groups in total. The summed E-state index contributed by atoms with van der Waals surface area (Å²) < 4.78 is 1.96. The lowest BCUT2D eigenvalue weighted by Gasteiger charge is -2.15. The second-order valence-corrected chi connectivity index (χ2v) is 4.12. The molecule has 0 saturated carbocycles. The molecule has 0 radical (unpaired) electrons. The maximum absolute atomic E-state index is 4.06. The lowest BCUT2D eigenvalue weighted by molar-refractivity contribution is 0.457. The number of rotatable bonds is 3. The number of nitrogens with zero attached hydrogens (tertiary/aromatic N) is 3. The van der Waals surface area contributed by atoms with Gasteiger partial charge in [0.15, 0.2) is 0 Å². The summed E-state index contributed by atoms with van der Waals surface area (Å²) in [7, 11) is 1.98. The summed E-state index contributed by atoms with van der Waals surface area (Å²) in [6.45, 7) is 3.10. The molecule has 1 unspecified atom stereocenters. The Hall–Kier alpha value is -0.940. The fourth-order valence-corrected chi connectivity index (χ4v) is 1.93. The first-order valence-corrected chi connectivity index (χ1v) is 5.63. The van der Waals surface area contributed by atoms with E-state index in [1.54, 1.807) is 6.33 Å². The summed E-state index contributed by atoms with van der Waals surface area (Å²) in [4.78, 5) is 0. The highest BCUT2D eigenvalue weighted by Crippen LogP contribution is 2.05. The summed E-state index contributed by atoms with van der Waals surface area (Å²) in [6.07, 6.45) is 5.46. The van der Waals surface area contributed by atoms with Crippen LogP contribution in [0.15, 0.2) is 6.33 Å². The Labute approximate surface area is 90.3 Å². The van der Waals surface area contributed by atoms with E-state index >= 15 is 0 Å². The van der Waals surface area contributed by atoms with Gasteiger partial charge in [0.25, 0.3) is 0 Å². The van der Waals surface area contributed by atoms with Crippen LogP contribution in [-0.4, -0.2) is 33.9 Å². The second-order valence-electron chi connectivity index (χ2n) is 4.12. The Kier molecular flexibility index (Phi) is 3.69. The Morgan fingerprint density at radius 2 is 2.47 bits per heavy atom. The molecule has 1 aromatic heterocycles. The number of aromatic nitrogens is 3. The Morgan fingerprint density at radius 3 is 3.27 bits per heavy atom. The summed E-state index contributed by atoms with van der Waals surface area (Å²) in [6, 6.07) is 0.622. The van der Waals surface area contributed by atoms with Gasteiger partial charge in [-0.2, -0.15) is 0 Å². The smallest absolute Gasteiger partial charge is 0.146 e. The molecule has 0 aliphatic carbocycles. The van der Waals surface area contributed by atoms with E-state index in [9.17, 15) is 0 Å². The molecule has 15 heavy (non-hydrogen) atoms. The topological polar surface area (TPSA) is 54.8 Å². The Bertz CT molecular complexity index is 288. The first kappa shape index (κ1) is 10.6. The van der Waals surface area contributed by atoms with Crippen LogP contribution in [-0.2, 0) is 13.6 Å². The van der Waals surface area contributed by atoms with E-state index in [0.29, 0.717) is 6.04 Å². The number of hydrogen-bond acceptors (Lipinski definition) is 4. The minimum absolute atomic E-state index is 0.622. The monoisotopic (exact) mass is 209 g/mol. The van der Waals surface area contributed by atoms with Gasteiger partial charge < -0.3 is 15.2 Å². The minimum Gasteiger partial charge on any atom is -0.320 e. The Balaban J connectivity index is 1.79. The molecule has 5 nitrogen and oxygen atoms in total. The van der Waals surface area contributed by atoms with Crippen LogP contribution in [0.1, 0.15) is 25.1 Å². The predicted molar refractivity (Wildman–Crippen MR) is 58.4 cm³/mol. The number of aryl methyl sites for hydroxylation is 1. The molecule has 0 spiro atoms. The molecule has 1 atom stereocenters. The van der Waals surface area contributed by atoms with Crippen LogP contribution < -0.4 is 10.6 Å². The lowest BCUT2D eigenvalue weighted by Crippen LogP contribution is -2.30. The molecule has 1 fully saturated rings. The summed E-state index contributed by atoms with van der Waals surface area (Å²) in [5, 5.41) is 14.9. The lowest BCUT2D eigenvalue weighted by atomic mass is 10.1. The minimum atomic E-state index is 0.622. The fourth-order valence-electron chi connectivity index (χ4n) is 1.93. The van der Waals surface area contributed by atoms with E-state index in [2.05, 4.69) is 20.8 Å².